The predicted octanol–water partition coefficient (Wildman–Crippen LogP) is 7.21. The minimum atomic E-state index is -0.657. The largest absolute Gasteiger partial charge is 0.457 e. The second kappa shape index (κ2) is 9.10. The van der Waals surface area contributed by atoms with E-state index in [1.807, 2.05) is 97.9 Å². The molecular weight excluding hydrogens is 462 g/mol. The van der Waals surface area contributed by atoms with Gasteiger partial charge in [0, 0.05) is 5.69 Å². The van der Waals surface area contributed by atoms with Crippen LogP contribution in [0.2, 0.25) is 0 Å². The number of benzene rings is 4. The van der Waals surface area contributed by atoms with Gasteiger partial charge in [0.15, 0.2) is 5.43 Å². The number of amides is 1. The Morgan fingerprint density at radius 3 is 2.35 bits per heavy atom. The molecule has 182 valence electrons. The van der Waals surface area contributed by atoms with Crippen molar-refractivity contribution in [2.45, 2.75) is 26.3 Å². The summed E-state index contributed by atoms with van der Waals surface area (Å²) < 4.78 is 12.2. The lowest BCUT2D eigenvalue weighted by atomic mass is 9.97. The summed E-state index contributed by atoms with van der Waals surface area (Å²) >= 11 is 0. The maximum absolute atomic E-state index is 13.9. The Morgan fingerprint density at radius 1 is 0.838 bits per heavy atom. The third kappa shape index (κ3) is 3.99. The fourth-order valence-electron chi connectivity index (χ4n) is 4.93. The van der Waals surface area contributed by atoms with Crippen molar-refractivity contribution in [3.05, 3.63) is 135 Å². The van der Waals surface area contributed by atoms with Crippen molar-refractivity contribution in [3.63, 3.8) is 0 Å². The third-order valence-electron chi connectivity index (χ3n) is 6.80. The van der Waals surface area contributed by atoms with E-state index in [1.54, 1.807) is 11.0 Å². The van der Waals surface area contributed by atoms with Gasteiger partial charge in [0.25, 0.3) is 5.91 Å². The van der Waals surface area contributed by atoms with Gasteiger partial charge in [0.05, 0.1) is 17.0 Å². The second-order valence-corrected chi connectivity index (χ2v) is 9.26. The van der Waals surface area contributed by atoms with Gasteiger partial charge in [-0.2, -0.15) is 0 Å². The first-order valence-electron chi connectivity index (χ1n) is 12.4. The highest BCUT2D eigenvalue weighted by Crippen LogP contribution is 2.42. The van der Waals surface area contributed by atoms with Crippen molar-refractivity contribution in [2.24, 2.45) is 0 Å². The summed E-state index contributed by atoms with van der Waals surface area (Å²) in [5, 5.41) is 0.469. The summed E-state index contributed by atoms with van der Waals surface area (Å²) in [6.07, 6.45) is 0.890. The summed E-state index contributed by atoms with van der Waals surface area (Å²) in [5.41, 5.74) is 4.14. The molecule has 6 rings (SSSR count). The Balaban J connectivity index is 1.54. The summed E-state index contributed by atoms with van der Waals surface area (Å²) in [7, 11) is 0. The molecule has 5 heteroatoms. The average Bonchev–Trinajstić information content (AvgIpc) is 3.22. The molecule has 1 unspecified atom stereocenters. The number of fused-ring (bicyclic) bond motifs is 2. The molecule has 1 aliphatic heterocycles. The maximum atomic E-state index is 13.9. The molecule has 0 saturated carbocycles. The first-order valence-corrected chi connectivity index (χ1v) is 12.4. The lowest BCUT2D eigenvalue weighted by Crippen LogP contribution is -2.29. The van der Waals surface area contributed by atoms with Crippen LogP contribution in [-0.4, -0.2) is 5.91 Å². The van der Waals surface area contributed by atoms with Crippen molar-refractivity contribution in [2.75, 3.05) is 4.90 Å². The zero-order chi connectivity index (χ0) is 25.5. The zero-order valence-electron chi connectivity index (χ0n) is 20.6. The van der Waals surface area contributed by atoms with Crippen molar-refractivity contribution in [1.82, 2.24) is 0 Å². The molecule has 4 aromatic carbocycles. The lowest BCUT2D eigenvalue weighted by molar-refractivity contribution is 0.0971. The van der Waals surface area contributed by atoms with E-state index in [4.69, 9.17) is 9.15 Å². The molecule has 1 atom stereocenters. The molecule has 0 bridgehead atoms. The number of ether oxygens (including phenoxy) is 1. The number of hydrogen-bond donors (Lipinski definition) is 0. The molecule has 2 heterocycles. The molecule has 5 aromatic rings. The summed E-state index contributed by atoms with van der Waals surface area (Å²) in [6, 6.07) is 29.7. The topological polar surface area (TPSA) is 59.8 Å². The van der Waals surface area contributed by atoms with E-state index in [0.717, 1.165) is 23.1 Å². The van der Waals surface area contributed by atoms with Gasteiger partial charge in [-0.15, -0.1) is 0 Å². The standard InChI is InChI=1S/C32H25NO4/c1-3-21-13-15-23(16-14-21)33-29(22-8-7-11-25(19-22)36-24-9-5-4-6-10-24)28-30(34)26-18-20(2)12-17-27(26)37-31(28)32(33)35/h4-19,29H,3H2,1-2H3. The fraction of sp³-hybridized carbons (Fsp3) is 0.125. The van der Waals surface area contributed by atoms with E-state index in [0.29, 0.717) is 33.7 Å². The quantitative estimate of drug-likeness (QED) is 0.263. The Morgan fingerprint density at radius 2 is 1.59 bits per heavy atom. The van der Waals surface area contributed by atoms with Crippen molar-refractivity contribution < 1.29 is 13.9 Å². The maximum Gasteiger partial charge on any atom is 0.295 e. The Hall–Kier alpha value is -4.64. The van der Waals surface area contributed by atoms with Gasteiger partial charge in [-0.25, -0.2) is 0 Å². The number of nitrogens with zero attached hydrogens (tertiary/aromatic N) is 1. The van der Waals surface area contributed by atoms with Crippen LogP contribution < -0.4 is 15.1 Å². The van der Waals surface area contributed by atoms with Gasteiger partial charge in [-0.3, -0.25) is 14.5 Å². The second-order valence-electron chi connectivity index (χ2n) is 9.26. The smallest absolute Gasteiger partial charge is 0.295 e. The van der Waals surface area contributed by atoms with Crippen molar-refractivity contribution >= 4 is 22.6 Å². The molecule has 1 amide bonds. The number of para-hydroxylation sites is 1. The lowest BCUT2D eigenvalue weighted by Gasteiger charge is -2.25. The van der Waals surface area contributed by atoms with Crippen LogP contribution in [-0.2, 0) is 6.42 Å². The predicted molar refractivity (Wildman–Crippen MR) is 145 cm³/mol. The van der Waals surface area contributed by atoms with Crippen LogP contribution in [0, 0.1) is 6.92 Å². The summed E-state index contributed by atoms with van der Waals surface area (Å²) in [4.78, 5) is 29.4. The van der Waals surface area contributed by atoms with E-state index < -0.39 is 6.04 Å². The van der Waals surface area contributed by atoms with Crippen molar-refractivity contribution in [1.29, 1.82) is 0 Å². The third-order valence-corrected chi connectivity index (χ3v) is 6.80. The van der Waals surface area contributed by atoms with E-state index in [9.17, 15) is 9.59 Å². The minimum absolute atomic E-state index is 0.0836. The van der Waals surface area contributed by atoms with E-state index in [-0.39, 0.29) is 17.1 Å². The molecule has 0 spiro atoms. The fourth-order valence-corrected chi connectivity index (χ4v) is 4.93. The van der Waals surface area contributed by atoms with Gasteiger partial charge in [-0.05, 0) is 73.0 Å². The average molecular weight is 488 g/mol. The number of aryl methyl sites for hydroxylation is 2. The minimum Gasteiger partial charge on any atom is -0.457 e. The number of carbonyl (C=O) groups is 1. The summed E-state index contributed by atoms with van der Waals surface area (Å²) in [6.45, 7) is 4.02. The number of carbonyl (C=O) groups excluding carboxylic acids is 1. The Bertz CT molecular complexity index is 1690. The Labute approximate surface area is 214 Å². The van der Waals surface area contributed by atoms with E-state index >= 15 is 0 Å². The molecule has 0 radical (unpaired) electrons. The van der Waals surface area contributed by atoms with Gasteiger partial charge in [0.1, 0.15) is 17.1 Å². The van der Waals surface area contributed by atoms with Crippen LogP contribution in [0.3, 0.4) is 0 Å². The highest BCUT2D eigenvalue weighted by atomic mass is 16.5. The number of hydrogen-bond acceptors (Lipinski definition) is 4. The molecule has 1 aromatic heterocycles. The SMILES string of the molecule is CCc1ccc(N2C(=O)c3oc4ccc(C)cc4c(=O)c3C2c2cccc(Oc3ccccc3)c2)cc1. The van der Waals surface area contributed by atoms with Gasteiger partial charge < -0.3 is 9.15 Å². The normalized spacial score (nSPS) is 14.7. The first-order chi connectivity index (χ1) is 18.0. The Kier molecular flexibility index (Phi) is 5.61. The molecule has 37 heavy (non-hydrogen) atoms. The van der Waals surface area contributed by atoms with Crippen LogP contribution in [0.25, 0.3) is 11.0 Å². The molecular formula is C32H25NO4. The van der Waals surface area contributed by atoms with Crippen LogP contribution in [0.4, 0.5) is 5.69 Å². The zero-order valence-corrected chi connectivity index (χ0v) is 20.6. The monoisotopic (exact) mass is 487 g/mol. The molecule has 0 saturated heterocycles. The van der Waals surface area contributed by atoms with Gasteiger partial charge >= 0.3 is 0 Å². The van der Waals surface area contributed by atoms with Crippen LogP contribution >= 0.6 is 0 Å². The molecule has 0 N–H and O–H groups in total. The molecule has 5 nitrogen and oxygen atoms in total. The highest BCUT2D eigenvalue weighted by Gasteiger charge is 2.43. The number of rotatable bonds is 5. The highest BCUT2D eigenvalue weighted by molar-refractivity contribution is 6.10. The van der Waals surface area contributed by atoms with Crippen LogP contribution in [0.15, 0.2) is 106 Å². The first kappa shape index (κ1) is 22.8. The van der Waals surface area contributed by atoms with E-state index in [2.05, 4.69) is 6.92 Å². The summed E-state index contributed by atoms with van der Waals surface area (Å²) in [5.74, 6) is 1.07. The van der Waals surface area contributed by atoms with Crippen LogP contribution in [0.1, 0.15) is 45.8 Å². The molecule has 1 aliphatic rings. The molecule has 0 fully saturated rings. The molecule has 0 aliphatic carbocycles. The van der Waals surface area contributed by atoms with Gasteiger partial charge in [-0.1, -0.05) is 61.0 Å². The van der Waals surface area contributed by atoms with Gasteiger partial charge in [0.2, 0.25) is 5.76 Å². The van der Waals surface area contributed by atoms with Crippen molar-refractivity contribution in [3.8, 4) is 11.5 Å². The van der Waals surface area contributed by atoms with Crippen LogP contribution in [0.5, 0.6) is 11.5 Å². The number of anilines is 1. The van der Waals surface area contributed by atoms with E-state index in [1.165, 1.54) is 0 Å².